The zero-order valence-electron chi connectivity index (χ0n) is 13.3. The Balaban J connectivity index is 2.14. The maximum atomic E-state index is 11.8. The zero-order chi connectivity index (χ0) is 19.8. The minimum absolute atomic E-state index is 0.0378. The van der Waals surface area contributed by atoms with Gasteiger partial charge in [0, 0.05) is 33.6 Å². The lowest BCUT2D eigenvalue weighted by Crippen LogP contribution is -1.93. The zero-order valence-corrected chi connectivity index (χ0v) is 15.7. The van der Waals surface area contributed by atoms with Crippen molar-refractivity contribution < 1.29 is 13.3 Å². The number of fused-ring (bicyclic) bond motifs is 1. The highest BCUT2D eigenvalue weighted by Crippen LogP contribution is 2.38. The van der Waals surface area contributed by atoms with Gasteiger partial charge in [0.05, 0.1) is 20.5 Å². The lowest BCUT2D eigenvalue weighted by Gasteiger charge is -2.08. The van der Waals surface area contributed by atoms with E-state index in [4.69, 9.17) is 28.0 Å². The number of nitrogens with zero attached hydrogens (tertiary/aromatic N) is 3. The molecule has 0 aliphatic rings. The number of nitro benzene ring substituents is 1. The standard InChI is InChI=1S/C16H10Cl2N4O4S/c17-12-8-9(22(23)24)4-7-14(12)20-21-16-11-2-1-3-15(27(18,25)26)10(11)5-6-13(16)19/h1-8H,19H2. The Bertz CT molecular complexity index is 1210. The van der Waals surface area contributed by atoms with E-state index in [9.17, 15) is 18.5 Å². The second-order valence-corrected chi connectivity index (χ2v) is 8.33. The van der Waals surface area contributed by atoms with Crippen LogP contribution < -0.4 is 5.73 Å². The molecule has 0 radical (unpaired) electrons. The molecule has 3 aromatic carbocycles. The number of halogens is 2. The number of rotatable bonds is 4. The van der Waals surface area contributed by atoms with Gasteiger partial charge >= 0.3 is 0 Å². The molecule has 0 fully saturated rings. The van der Waals surface area contributed by atoms with Crippen LogP contribution in [0.25, 0.3) is 10.8 Å². The van der Waals surface area contributed by atoms with Gasteiger partial charge in [-0.1, -0.05) is 29.8 Å². The van der Waals surface area contributed by atoms with E-state index in [0.29, 0.717) is 10.8 Å². The molecule has 0 bridgehead atoms. The van der Waals surface area contributed by atoms with Crippen LogP contribution in [0.3, 0.4) is 0 Å². The van der Waals surface area contributed by atoms with Crippen LogP contribution >= 0.6 is 22.3 Å². The number of nitrogens with two attached hydrogens (primary N) is 1. The maximum Gasteiger partial charge on any atom is 0.271 e. The molecule has 0 aromatic heterocycles. The molecule has 0 heterocycles. The van der Waals surface area contributed by atoms with E-state index >= 15 is 0 Å². The molecule has 0 atom stereocenters. The van der Waals surface area contributed by atoms with Gasteiger partial charge in [0.2, 0.25) is 0 Å². The van der Waals surface area contributed by atoms with E-state index in [1.165, 1.54) is 36.4 Å². The maximum absolute atomic E-state index is 11.8. The first-order chi connectivity index (χ1) is 12.7. The minimum atomic E-state index is -3.97. The summed E-state index contributed by atoms with van der Waals surface area (Å²) in [5.74, 6) is 0. The molecule has 0 unspecified atom stereocenters. The molecule has 3 rings (SSSR count). The quantitative estimate of drug-likeness (QED) is 0.199. The Kier molecular flexibility index (Phi) is 5.01. The van der Waals surface area contributed by atoms with Gasteiger partial charge in [-0.3, -0.25) is 10.1 Å². The predicted octanol–water partition coefficient (Wildman–Crippen LogP) is 5.33. The van der Waals surface area contributed by atoms with Crippen molar-refractivity contribution in [1.29, 1.82) is 0 Å². The summed E-state index contributed by atoms with van der Waals surface area (Å²) in [6.45, 7) is 0. The summed E-state index contributed by atoms with van der Waals surface area (Å²) < 4.78 is 23.5. The molecular formula is C16H10Cl2N4O4S. The number of hydrogen-bond donors (Lipinski definition) is 1. The van der Waals surface area contributed by atoms with E-state index in [2.05, 4.69) is 10.2 Å². The van der Waals surface area contributed by atoms with Crippen molar-refractivity contribution in [2.24, 2.45) is 10.2 Å². The van der Waals surface area contributed by atoms with Crippen molar-refractivity contribution in [3.63, 3.8) is 0 Å². The Labute approximate surface area is 162 Å². The van der Waals surface area contributed by atoms with Gasteiger partial charge in [-0.15, -0.1) is 10.2 Å². The van der Waals surface area contributed by atoms with E-state index in [1.807, 2.05) is 0 Å². The molecule has 2 N–H and O–H groups in total. The van der Waals surface area contributed by atoms with Gasteiger partial charge < -0.3 is 5.73 Å². The second kappa shape index (κ2) is 7.10. The topological polar surface area (TPSA) is 128 Å². The van der Waals surface area contributed by atoms with Crippen molar-refractivity contribution in [1.82, 2.24) is 0 Å². The summed E-state index contributed by atoms with van der Waals surface area (Å²) in [6, 6.07) is 11.3. The third-order valence-corrected chi connectivity index (χ3v) is 5.37. The monoisotopic (exact) mass is 424 g/mol. The summed E-state index contributed by atoms with van der Waals surface area (Å²) in [5, 5.41) is 19.6. The molecule has 0 saturated carbocycles. The van der Waals surface area contributed by atoms with Crippen LogP contribution in [0.15, 0.2) is 63.7 Å². The van der Waals surface area contributed by atoms with Crippen molar-refractivity contribution >= 4 is 64.9 Å². The van der Waals surface area contributed by atoms with Crippen LogP contribution in [0.5, 0.6) is 0 Å². The van der Waals surface area contributed by atoms with Gasteiger partial charge in [0.25, 0.3) is 14.7 Å². The smallest absolute Gasteiger partial charge is 0.271 e. The van der Waals surface area contributed by atoms with Gasteiger partial charge in [-0.2, -0.15) is 0 Å². The Hall–Kier alpha value is -2.75. The van der Waals surface area contributed by atoms with Crippen LogP contribution in [-0.4, -0.2) is 13.3 Å². The molecule has 138 valence electrons. The highest BCUT2D eigenvalue weighted by atomic mass is 35.7. The van der Waals surface area contributed by atoms with E-state index in [1.54, 1.807) is 6.07 Å². The normalized spacial score (nSPS) is 11.9. The number of anilines is 1. The summed E-state index contributed by atoms with van der Waals surface area (Å²) in [7, 11) is 1.51. The first-order valence-corrected chi connectivity index (χ1v) is 9.99. The Morgan fingerprint density at radius 2 is 1.78 bits per heavy atom. The number of azo groups is 1. The summed E-state index contributed by atoms with van der Waals surface area (Å²) in [5.41, 5.74) is 6.45. The molecule has 3 aromatic rings. The minimum Gasteiger partial charge on any atom is -0.397 e. The largest absolute Gasteiger partial charge is 0.397 e. The van der Waals surface area contributed by atoms with Crippen LogP contribution in [-0.2, 0) is 9.05 Å². The summed E-state index contributed by atoms with van der Waals surface area (Å²) in [4.78, 5) is 10.1. The van der Waals surface area contributed by atoms with E-state index in [0.717, 1.165) is 6.07 Å². The summed E-state index contributed by atoms with van der Waals surface area (Å²) >= 11 is 6.00. The van der Waals surface area contributed by atoms with Crippen LogP contribution in [0.2, 0.25) is 5.02 Å². The molecule has 0 saturated heterocycles. The lowest BCUT2D eigenvalue weighted by atomic mass is 10.1. The van der Waals surface area contributed by atoms with Crippen molar-refractivity contribution in [2.45, 2.75) is 4.90 Å². The summed E-state index contributed by atoms with van der Waals surface area (Å²) in [6.07, 6.45) is 0. The molecule has 0 spiro atoms. The van der Waals surface area contributed by atoms with Gasteiger partial charge in [0.1, 0.15) is 11.4 Å². The van der Waals surface area contributed by atoms with E-state index in [-0.39, 0.29) is 32.7 Å². The SMILES string of the molecule is Nc1ccc2c(S(=O)(=O)Cl)cccc2c1N=Nc1ccc([N+](=O)[O-])cc1Cl. The van der Waals surface area contributed by atoms with Crippen LogP contribution in [0.1, 0.15) is 0 Å². The fourth-order valence-corrected chi connectivity index (χ4v) is 3.75. The Morgan fingerprint density at radius 3 is 2.41 bits per heavy atom. The van der Waals surface area contributed by atoms with Crippen molar-refractivity contribution in [2.75, 3.05) is 5.73 Å². The number of non-ortho nitro benzene ring substituents is 1. The predicted molar refractivity (Wildman–Crippen MR) is 104 cm³/mol. The first kappa shape index (κ1) is 19.0. The average molecular weight is 425 g/mol. The molecular weight excluding hydrogens is 415 g/mol. The number of nitro groups is 1. The van der Waals surface area contributed by atoms with Gasteiger partial charge in [-0.05, 0) is 18.2 Å². The van der Waals surface area contributed by atoms with Crippen LogP contribution in [0.4, 0.5) is 22.7 Å². The molecule has 11 heteroatoms. The third kappa shape index (κ3) is 3.85. The van der Waals surface area contributed by atoms with Crippen LogP contribution in [0, 0.1) is 10.1 Å². The number of nitrogen functional groups attached to an aromatic ring is 1. The first-order valence-electron chi connectivity index (χ1n) is 7.30. The highest BCUT2D eigenvalue weighted by molar-refractivity contribution is 8.14. The molecule has 0 aliphatic heterocycles. The third-order valence-electron chi connectivity index (χ3n) is 3.69. The second-order valence-electron chi connectivity index (χ2n) is 5.39. The Morgan fingerprint density at radius 1 is 1.04 bits per heavy atom. The molecule has 0 aliphatic carbocycles. The van der Waals surface area contributed by atoms with E-state index < -0.39 is 14.0 Å². The molecule has 27 heavy (non-hydrogen) atoms. The highest BCUT2D eigenvalue weighted by Gasteiger charge is 2.16. The van der Waals surface area contributed by atoms with Gasteiger partial charge in [-0.25, -0.2) is 8.42 Å². The fraction of sp³-hybridized carbons (Fsp3) is 0. The average Bonchev–Trinajstić information content (AvgIpc) is 2.60. The lowest BCUT2D eigenvalue weighted by molar-refractivity contribution is -0.384. The number of benzene rings is 3. The number of hydrogen-bond acceptors (Lipinski definition) is 7. The molecule has 0 amide bonds. The van der Waals surface area contributed by atoms with Gasteiger partial charge in [0.15, 0.2) is 0 Å². The fourth-order valence-electron chi connectivity index (χ4n) is 2.45. The molecule has 8 nitrogen and oxygen atoms in total. The van der Waals surface area contributed by atoms with Crippen molar-refractivity contribution in [3.8, 4) is 0 Å². The van der Waals surface area contributed by atoms with Crippen molar-refractivity contribution in [3.05, 3.63) is 63.7 Å².